The van der Waals surface area contributed by atoms with E-state index >= 15 is 0 Å². The molecule has 0 heterocycles. The highest BCUT2D eigenvalue weighted by Crippen LogP contribution is 2.36. The lowest BCUT2D eigenvalue weighted by atomic mass is 10.0. The van der Waals surface area contributed by atoms with Crippen LogP contribution in [-0.4, -0.2) is 40.3 Å². The molecule has 0 unspecified atom stereocenters. The van der Waals surface area contributed by atoms with E-state index < -0.39 is 0 Å². The van der Waals surface area contributed by atoms with E-state index in [1.54, 1.807) is 51.7 Å². The number of carbonyl (C=O) groups is 1. The molecular weight excluding hydrogens is 517 g/mol. The number of methoxy groups -OCH3 is 3. The van der Waals surface area contributed by atoms with Gasteiger partial charge in [-0.25, -0.2) is 4.39 Å². The van der Waals surface area contributed by atoms with E-state index in [1.807, 2.05) is 48.5 Å². The van der Waals surface area contributed by atoms with E-state index in [0.29, 0.717) is 47.0 Å². The summed E-state index contributed by atoms with van der Waals surface area (Å²) in [6.07, 6.45) is 0. The van der Waals surface area contributed by atoms with E-state index in [4.69, 9.17) is 14.2 Å². The van der Waals surface area contributed by atoms with E-state index in [2.05, 4.69) is 15.4 Å². The van der Waals surface area contributed by atoms with Gasteiger partial charge in [0.25, 0.3) is 5.91 Å². The van der Waals surface area contributed by atoms with Crippen molar-refractivity contribution >= 4 is 29.2 Å². The van der Waals surface area contributed by atoms with Crippen LogP contribution in [0.4, 0.5) is 15.8 Å². The molecule has 39 heavy (non-hydrogen) atoms. The van der Waals surface area contributed by atoms with Crippen molar-refractivity contribution in [1.29, 1.82) is 0 Å². The lowest BCUT2D eigenvalue weighted by Gasteiger charge is -2.14. The number of amides is 1. The van der Waals surface area contributed by atoms with Crippen LogP contribution in [0.3, 0.4) is 0 Å². The molecule has 1 amide bonds. The summed E-state index contributed by atoms with van der Waals surface area (Å²) in [7, 11) is 4.69. The molecule has 7 nitrogen and oxygen atoms in total. The summed E-state index contributed by atoms with van der Waals surface area (Å²) >= 11 is 1.37. The van der Waals surface area contributed by atoms with Gasteiger partial charge in [-0.1, -0.05) is 24.3 Å². The molecule has 0 aliphatic heterocycles. The smallest absolute Gasteiger partial charge is 0.255 e. The predicted octanol–water partition coefficient (Wildman–Crippen LogP) is 6.48. The number of carbonyl (C=O) groups excluding carboxylic acids is 1. The molecule has 0 bridgehead atoms. The fourth-order valence-corrected chi connectivity index (χ4v) is 4.69. The van der Waals surface area contributed by atoms with Crippen LogP contribution >= 0.6 is 11.9 Å². The number of benzene rings is 4. The summed E-state index contributed by atoms with van der Waals surface area (Å²) in [4.78, 5) is 13.3. The summed E-state index contributed by atoms with van der Waals surface area (Å²) < 4.78 is 33.9. The summed E-state index contributed by atoms with van der Waals surface area (Å²) in [5.74, 6) is 1.27. The van der Waals surface area contributed by atoms with Crippen LogP contribution < -0.4 is 29.6 Å². The second kappa shape index (κ2) is 13.4. The molecular formula is C30H30FN3O4S. The Morgan fingerprint density at radius 2 is 1.59 bits per heavy atom. The Morgan fingerprint density at radius 1 is 0.795 bits per heavy atom. The Labute approximate surface area is 231 Å². The van der Waals surface area contributed by atoms with Crippen molar-refractivity contribution < 1.29 is 23.4 Å². The quantitative estimate of drug-likeness (QED) is 0.138. The lowest BCUT2D eigenvalue weighted by molar-refractivity contribution is 0.0952. The van der Waals surface area contributed by atoms with Crippen molar-refractivity contribution in [3.63, 3.8) is 0 Å². The number of anilines is 2. The SMILES string of the molecule is COc1ccc(F)c(-c2ccc(OC)c(SNc3cccc(NCCNC(=O)c4ccccc4OC)c3)c2)c1. The average molecular weight is 548 g/mol. The first-order valence-corrected chi connectivity index (χ1v) is 13.0. The first-order chi connectivity index (χ1) is 19.0. The van der Waals surface area contributed by atoms with Gasteiger partial charge in [0.1, 0.15) is 23.1 Å². The van der Waals surface area contributed by atoms with Crippen molar-refractivity contribution in [2.45, 2.75) is 4.90 Å². The van der Waals surface area contributed by atoms with Crippen LogP contribution in [0, 0.1) is 5.82 Å². The maximum Gasteiger partial charge on any atom is 0.255 e. The Morgan fingerprint density at radius 3 is 2.38 bits per heavy atom. The van der Waals surface area contributed by atoms with Crippen molar-refractivity contribution in [1.82, 2.24) is 5.32 Å². The number of nitrogens with one attached hydrogen (secondary N) is 3. The number of hydrogen-bond donors (Lipinski definition) is 3. The number of hydrogen-bond acceptors (Lipinski definition) is 7. The largest absolute Gasteiger partial charge is 0.497 e. The number of para-hydroxylation sites is 1. The third-order valence-corrected chi connectivity index (χ3v) is 6.76. The van der Waals surface area contributed by atoms with E-state index in [-0.39, 0.29) is 11.7 Å². The molecule has 0 saturated heterocycles. The third kappa shape index (κ3) is 7.14. The van der Waals surface area contributed by atoms with Crippen molar-refractivity contribution in [2.75, 3.05) is 44.5 Å². The molecule has 4 aromatic rings. The van der Waals surface area contributed by atoms with Gasteiger partial charge in [0.15, 0.2) is 0 Å². The topological polar surface area (TPSA) is 80.9 Å². The summed E-state index contributed by atoms with van der Waals surface area (Å²) in [6, 6.07) is 25.1. The second-order valence-corrected chi connectivity index (χ2v) is 9.23. The monoisotopic (exact) mass is 547 g/mol. The van der Waals surface area contributed by atoms with Crippen LogP contribution in [0.2, 0.25) is 0 Å². The van der Waals surface area contributed by atoms with Gasteiger partial charge in [-0.3, -0.25) is 4.79 Å². The molecule has 0 spiro atoms. The van der Waals surface area contributed by atoms with Crippen LogP contribution in [0.25, 0.3) is 11.1 Å². The summed E-state index contributed by atoms with van der Waals surface area (Å²) in [6.45, 7) is 0.980. The summed E-state index contributed by atoms with van der Waals surface area (Å²) in [5, 5.41) is 6.21. The Balaban J connectivity index is 1.36. The zero-order chi connectivity index (χ0) is 27.6. The van der Waals surface area contributed by atoms with E-state index in [0.717, 1.165) is 16.3 Å². The minimum Gasteiger partial charge on any atom is -0.497 e. The van der Waals surface area contributed by atoms with Gasteiger partial charge in [-0.2, -0.15) is 0 Å². The fourth-order valence-electron chi connectivity index (χ4n) is 3.89. The zero-order valence-electron chi connectivity index (χ0n) is 21.9. The normalized spacial score (nSPS) is 10.5. The molecule has 0 aromatic heterocycles. The molecule has 0 aliphatic carbocycles. The van der Waals surface area contributed by atoms with Gasteiger partial charge >= 0.3 is 0 Å². The van der Waals surface area contributed by atoms with Gasteiger partial charge in [-0.05, 0) is 78.2 Å². The predicted molar refractivity (Wildman–Crippen MR) is 155 cm³/mol. The Hall–Kier alpha value is -4.37. The fraction of sp³-hybridized carbons (Fsp3) is 0.167. The molecule has 0 fully saturated rings. The standard InChI is InChI=1S/C30H30FN3O4S/c1-36-23-12-13-26(31)25(19-23)20-11-14-28(38-3)29(17-20)39-34-22-8-6-7-21(18-22)32-15-16-33-30(35)24-9-4-5-10-27(24)37-2/h4-14,17-19,32,34H,15-16H2,1-3H3,(H,33,35). The highest BCUT2D eigenvalue weighted by atomic mass is 32.2. The Kier molecular flexibility index (Phi) is 9.53. The van der Waals surface area contributed by atoms with Crippen LogP contribution in [0.15, 0.2) is 89.8 Å². The zero-order valence-corrected chi connectivity index (χ0v) is 22.7. The van der Waals surface area contributed by atoms with E-state index in [1.165, 1.54) is 18.0 Å². The first kappa shape index (κ1) is 27.7. The molecule has 202 valence electrons. The van der Waals surface area contributed by atoms with Gasteiger partial charge in [0.05, 0.1) is 31.8 Å². The highest BCUT2D eigenvalue weighted by molar-refractivity contribution is 8.00. The van der Waals surface area contributed by atoms with Crippen LogP contribution in [0.5, 0.6) is 17.2 Å². The van der Waals surface area contributed by atoms with Gasteiger partial charge in [-0.15, -0.1) is 0 Å². The number of rotatable bonds is 12. The molecule has 9 heteroatoms. The molecule has 0 aliphatic rings. The molecule has 0 radical (unpaired) electrons. The van der Waals surface area contributed by atoms with Crippen LogP contribution in [-0.2, 0) is 0 Å². The van der Waals surface area contributed by atoms with Gasteiger partial charge in [0, 0.05) is 30.0 Å². The minimum absolute atomic E-state index is 0.189. The maximum absolute atomic E-state index is 14.5. The molecule has 4 aromatic carbocycles. The Bertz CT molecular complexity index is 1430. The van der Waals surface area contributed by atoms with Crippen molar-refractivity contribution in [3.05, 3.63) is 96.3 Å². The second-order valence-electron chi connectivity index (χ2n) is 8.38. The van der Waals surface area contributed by atoms with Crippen molar-refractivity contribution in [3.8, 4) is 28.4 Å². The van der Waals surface area contributed by atoms with Gasteiger partial charge in [0.2, 0.25) is 0 Å². The first-order valence-electron chi connectivity index (χ1n) is 12.2. The maximum atomic E-state index is 14.5. The third-order valence-electron chi connectivity index (χ3n) is 5.88. The lowest BCUT2D eigenvalue weighted by Crippen LogP contribution is -2.29. The molecule has 0 saturated carbocycles. The highest BCUT2D eigenvalue weighted by Gasteiger charge is 2.12. The summed E-state index contributed by atoms with van der Waals surface area (Å²) in [5.41, 5.74) is 3.41. The average Bonchev–Trinajstić information content (AvgIpc) is 2.98. The van der Waals surface area contributed by atoms with Gasteiger partial charge < -0.3 is 29.6 Å². The molecule has 4 rings (SSSR count). The van der Waals surface area contributed by atoms with Crippen LogP contribution in [0.1, 0.15) is 10.4 Å². The minimum atomic E-state index is -0.331. The number of halogens is 1. The van der Waals surface area contributed by atoms with Crippen molar-refractivity contribution in [2.24, 2.45) is 0 Å². The molecule has 3 N–H and O–H groups in total. The van der Waals surface area contributed by atoms with E-state index in [9.17, 15) is 9.18 Å². The number of ether oxygens (including phenoxy) is 3. The molecule has 0 atom stereocenters.